The maximum absolute atomic E-state index is 12.5. The average Bonchev–Trinajstić information content (AvgIpc) is 3.44. The molecule has 3 aromatic rings. The van der Waals surface area contributed by atoms with Crippen LogP contribution in [0.15, 0.2) is 47.6 Å². The molecule has 1 fully saturated rings. The average molecular weight is 464 g/mol. The largest absolute Gasteiger partial charge is 0.349 e. The summed E-state index contributed by atoms with van der Waals surface area (Å²) in [6.45, 7) is 6.00. The number of aromatic nitrogens is 3. The van der Waals surface area contributed by atoms with E-state index in [1.165, 1.54) is 24.6 Å². The third-order valence-corrected chi connectivity index (χ3v) is 6.78. The van der Waals surface area contributed by atoms with Gasteiger partial charge in [-0.05, 0) is 75.1 Å². The number of nitrogens with zero attached hydrogens (tertiary/aromatic N) is 3. The summed E-state index contributed by atoms with van der Waals surface area (Å²) in [7, 11) is 0. The SMILES string of the molecule is Cc1ccc(C)c(-n2c(C)nnc2SCC(=O)Nc2ccc(C(=O)NC3CCCC3)cc2)c1. The van der Waals surface area contributed by atoms with E-state index in [9.17, 15) is 9.59 Å². The van der Waals surface area contributed by atoms with Gasteiger partial charge in [0.1, 0.15) is 5.82 Å². The molecule has 2 amide bonds. The van der Waals surface area contributed by atoms with Gasteiger partial charge in [-0.3, -0.25) is 14.2 Å². The van der Waals surface area contributed by atoms with Crippen LogP contribution in [0, 0.1) is 20.8 Å². The summed E-state index contributed by atoms with van der Waals surface area (Å²) in [6.07, 6.45) is 4.45. The van der Waals surface area contributed by atoms with Crippen LogP contribution in [0.4, 0.5) is 5.69 Å². The molecule has 2 aromatic carbocycles. The number of aryl methyl sites for hydroxylation is 3. The van der Waals surface area contributed by atoms with Crippen LogP contribution in [-0.2, 0) is 4.79 Å². The standard InChI is InChI=1S/C25H29N5O2S/c1-16-8-9-17(2)22(14-16)30-18(3)28-29-25(30)33-15-23(31)26-21-12-10-19(11-13-21)24(32)27-20-6-4-5-7-20/h8-14,20H,4-7,15H2,1-3H3,(H,26,31)(H,27,32). The molecule has 33 heavy (non-hydrogen) atoms. The van der Waals surface area contributed by atoms with Gasteiger partial charge in [-0.15, -0.1) is 10.2 Å². The first-order chi connectivity index (χ1) is 15.9. The second-order valence-corrected chi connectivity index (χ2v) is 9.47. The molecule has 1 saturated carbocycles. The van der Waals surface area contributed by atoms with E-state index in [-0.39, 0.29) is 23.6 Å². The predicted octanol–water partition coefficient (Wildman–Crippen LogP) is 4.60. The molecule has 0 saturated heterocycles. The highest BCUT2D eigenvalue weighted by Crippen LogP contribution is 2.25. The van der Waals surface area contributed by atoms with Crippen molar-refractivity contribution in [1.82, 2.24) is 20.1 Å². The van der Waals surface area contributed by atoms with Gasteiger partial charge >= 0.3 is 0 Å². The Kier molecular flexibility index (Phi) is 7.13. The molecule has 1 heterocycles. The van der Waals surface area contributed by atoms with E-state index >= 15 is 0 Å². The Bertz CT molecular complexity index is 1150. The van der Waals surface area contributed by atoms with Gasteiger partial charge < -0.3 is 10.6 Å². The summed E-state index contributed by atoms with van der Waals surface area (Å²) in [6, 6.07) is 13.5. The molecule has 172 valence electrons. The second-order valence-electron chi connectivity index (χ2n) is 8.52. The number of rotatable bonds is 7. The van der Waals surface area contributed by atoms with E-state index < -0.39 is 0 Å². The molecular formula is C25H29N5O2S. The molecule has 2 N–H and O–H groups in total. The molecule has 0 aliphatic heterocycles. The van der Waals surface area contributed by atoms with E-state index in [2.05, 4.69) is 39.0 Å². The number of amides is 2. The van der Waals surface area contributed by atoms with Gasteiger partial charge in [-0.1, -0.05) is 36.7 Å². The number of carbonyl (C=O) groups is 2. The first-order valence-electron chi connectivity index (χ1n) is 11.2. The van der Waals surface area contributed by atoms with Gasteiger partial charge in [0.15, 0.2) is 5.16 Å². The minimum atomic E-state index is -0.142. The molecule has 8 heteroatoms. The van der Waals surface area contributed by atoms with Crippen LogP contribution in [0.3, 0.4) is 0 Å². The first kappa shape index (κ1) is 23.0. The van der Waals surface area contributed by atoms with Crippen LogP contribution in [-0.4, -0.2) is 38.4 Å². The first-order valence-corrected chi connectivity index (χ1v) is 12.2. The Morgan fingerprint density at radius 1 is 1.03 bits per heavy atom. The number of hydrogen-bond donors (Lipinski definition) is 2. The Morgan fingerprint density at radius 2 is 1.76 bits per heavy atom. The predicted molar refractivity (Wildman–Crippen MR) is 131 cm³/mol. The number of thioether (sulfide) groups is 1. The Balaban J connectivity index is 1.35. The zero-order chi connectivity index (χ0) is 23.4. The molecule has 0 spiro atoms. The van der Waals surface area contributed by atoms with Gasteiger partial charge in [0, 0.05) is 17.3 Å². The third kappa shape index (κ3) is 5.63. The van der Waals surface area contributed by atoms with Gasteiger partial charge in [-0.2, -0.15) is 0 Å². The van der Waals surface area contributed by atoms with Crippen LogP contribution in [0.25, 0.3) is 5.69 Å². The molecule has 7 nitrogen and oxygen atoms in total. The molecule has 0 bridgehead atoms. The summed E-state index contributed by atoms with van der Waals surface area (Å²) in [5.41, 5.74) is 4.55. The summed E-state index contributed by atoms with van der Waals surface area (Å²) >= 11 is 1.34. The highest BCUT2D eigenvalue weighted by Gasteiger charge is 2.18. The second kappa shape index (κ2) is 10.2. The molecule has 4 rings (SSSR count). The van der Waals surface area contributed by atoms with E-state index in [0.29, 0.717) is 16.4 Å². The van der Waals surface area contributed by atoms with Crippen molar-refractivity contribution in [3.05, 3.63) is 65.0 Å². The molecule has 1 aliphatic rings. The normalized spacial score (nSPS) is 13.8. The lowest BCUT2D eigenvalue weighted by Gasteiger charge is -2.13. The number of anilines is 1. The number of hydrogen-bond acceptors (Lipinski definition) is 5. The van der Waals surface area contributed by atoms with E-state index in [4.69, 9.17) is 0 Å². The molecular weight excluding hydrogens is 434 g/mol. The summed E-state index contributed by atoms with van der Waals surface area (Å²) in [4.78, 5) is 24.9. The lowest BCUT2D eigenvalue weighted by molar-refractivity contribution is -0.113. The zero-order valence-corrected chi connectivity index (χ0v) is 20.0. The van der Waals surface area contributed by atoms with Gasteiger partial charge in [0.2, 0.25) is 5.91 Å². The minimum absolute atomic E-state index is 0.0588. The topological polar surface area (TPSA) is 88.9 Å². The lowest BCUT2D eigenvalue weighted by atomic mass is 10.1. The van der Waals surface area contributed by atoms with Gasteiger partial charge in [0.25, 0.3) is 5.91 Å². The summed E-state index contributed by atoms with van der Waals surface area (Å²) in [5.74, 6) is 0.776. The summed E-state index contributed by atoms with van der Waals surface area (Å²) < 4.78 is 1.98. The third-order valence-electron chi connectivity index (χ3n) is 5.85. The van der Waals surface area contributed by atoms with Crippen molar-refractivity contribution in [2.45, 2.75) is 57.7 Å². The fraction of sp³-hybridized carbons (Fsp3) is 0.360. The Morgan fingerprint density at radius 3 is 2.48 bits per heavy atom. The smallest absolute Gasteiger partial charge is 0.251 e. The maximum atomic E-state index is 12.5. The van der Waals surface area contributed by atoms with Crippen LogP contribution in [0.5, 0.6) is 0 Å². The lowest BCUT2D eigenvalue weighted by Crippen LogP contribution is -2.32. The van der Waals surface area contributed by atoms with Crippen molar-refractivity contribution in [3.8, 4) is 5.69 Å². The molecule has 1 aliphatic carbocycles. The van der Waals surface area contributed by atoms with Crippen LogP contribution in [0.1, 0.15) is 53.0 Å². The monoisotopic (exact) mass is 463 g/mol. The number of carbonyl (C=O) groups excluding carboxylic acids is 2. The van der Waals surface area contributed by atoms with Gasteiger partial charge in [0.05, 0.1) is 11.4 Å². The highest BCUT2D eigenvalue weighted by molar-refractivity contribution is 7.99. The number of benzene rings is 2. The van der Waals surface area contributed by atoms with E-state index in [0.717, 1.165) is 35.5 Å². The van der Waals surface area contributed by atoms with Crippen molar-refractivity contribution < 1.29 is 9.59 Å². The minimum Gasteiger partial charge on any atom is -0.349 e. The van der Waals surface area contributed by atoms with Crippen molar-refractivity contribution >= 4 is 29.3 Å². The molecule has 0 atom stereocenters. The summed E-state index contributed by atoms with van der Waals surface area (Å²) in [5, 5.41) is 15.1. The van der Waals surface area contributed by atoms with Crippen molar-refractivity contribution in [3.63, 3.8) is 0 Å². The fourth-order valence-electron chi connectivity index (χ4n) is 4.05. The Hall–Kier alpha value is -3.13. The number of nitrogens with one attached hydrogen (secondary N) is 2. The van der Waals surface area contributed by atoms with E-state index in [1.807, 2.05) is 25.3 Å². The quantitative estimate of drug-likeness (QED) is 0.500. The molecule has 1 aromatic heterocycles. The maximum Gasteiger partial charge on any atom is 0.251 e. The fourth-order valence-corrected chi connectivity index (χ4v) is 4.84. The van der Waals surface area contributed by atoms with Crippen molar-refractivity contribution in [2.75, 3.05) is 11.1 Å². The van der Waals surface area contributed by atoms with Crippen molar-refractivity contribution in [1.29, 1.82) is 0 Å². The van der Waals surface area contributed by atoms with Crippen LogP contribution < -0.4 is 10.6 Å². The van der Waals surface area contributed by atoms with Crippen LogP contribution >= 0.6 is 11.8 Å². The molecule has 0 unspecified atom stereocenters. The van der Waals surface area contributed by atoms with Gasteiger partial charge in [-0.25, -0.2) is 0 Å². The molecule has 0 radical (unpaired) electrons. The highest BCUT2D eigenvalue weighted by atomic mass is 32.2. The van der Waals surface area contributed by atoms with Crippen molar-refractivity contribution in [2.24, 2.45) is 0 Å². The van der Waals surface area contributed by atoms with E-state index in [1.54, 1.807) is 24.3 Å². The Labute approximate surface area is 198 Å². The van der Waals surface area contributed by atoms with Crippen LogP contribution in [0.2, 0.25) is 0 Å². The zero-order valence-electron chi connectivity index (χ0n) is 19.2.